The van der Waals surface area contributed by atoms with Crippen molar-refractivity contribution in [1.29, 1.82) is 0 Å². The Bertz CT molecular complexity index is 1190. The van der Waals surface area contributed by atoms with E-state index in [0.29, 0.717) is 28.3 Å². The van der Waals surface area contributed by atoms with Crippen molar-refractivity contribution in [3.05, 3.63) is 83.7 Å². The molecule has 35 heavy (non-hydrogen) atoms. The molecule has 2 amide bonds. The first-order valence-corrected chi connectivity index (χ1v) is 11.5. The Morgan fingerprint density at radius 3 is 2.40 bits per heavy atom. The van der Waals surface area contributed by atoms with E-state index in [0.717, 1.165) is 18.4 Å². The maximum atomic E-state index is 12.8. The highest BCUT2D eigenvalue weighted by Gasteiger charge is 2.18. The predicted molar refractivity (Wildman–Crippen MR) is 134 cm³/mol. The Hall–Kier alpha value is -4.20. The first-order valence-electron chi connectivity index (χ1n) is 11.5. The third-order valence-electron chi connectivity index (χ3n) is 5.79. The van der Waals surface area contributed by atoms with Gasteiger partial charge in [0.15, 0.2) is 11.5 Å². The number of ether oxygens (including phenoxy) is 2. The largest absolute Gasteiger partial charge is 0.493 e. The molecule has 8 heteroatoms. The summed E-state index contributed by atoms with van der Waals surface area (Å²) in [6.45, 7) is 0. The Morgan fingerprint density at radius 2 is 1.71 bits per heavy atom. The monoisotopic (exact) mass is 472 g/mol. The number of hydrogen-bond donors (Lipinski definition) is 1. The van der Waals surface area contributed by atoms with Crippen LogP contribution in [0.4, 0.5) is 5.69 Å². The Kier molecular flexibility index (Phi) is 7.72. The van der Waals surface area contributed by atoms with Gasteiger partial charge in [-0.2, -0.15) is 5.10 Å². The highest BCUT2D eigenvalue weighted by atomic mass is 16.5. The molecule has 8 nitrogen and oxygen atoms in total. The Balaban J connectivity index is 1.38. The highest BCUT2D eigenvalue weighted by molar-refractivity contribution is 6.04. The Labute approximate surface area is 204 Å². The number of hydrogen-bond acceptors (Lipinski definition) is 6. The van der Waals surface area contributed by atoms with Gasteiger partial charge >= 0.3 is 0 Å². The number of benzene rings is 2. The summed E-state index contributed by atoms with van der Waals surface area (Å²) in [4.78, 5) is 29.0. The lowest BCUT2D eigenvalue weighted by Crippen LogP contribution is -2.21. The zero-order valence-electron chi connectivity index (χ0n) is 19.8. The predicted octanol–water partition coefficient (Wildman–Crippen LogP) is 4.77. The van der Waals surface area contributed by atoms with Crippen LogP contribution in [0.5, 0.6) is 11.5 Å². The molecule has 1 aromatic heterocycles. The minimum absolute atomic E-state index is 0.206. The van der Waals surface area contributed by atoms with Crippen LogP contribution in [-0.2, 0) is 0 Å². The lowest BCUT2D eigenvalue weighted by Gasteiger charge is -2.16. The molecule has 1 saturated carbocycles. The van der Waals surface area contributed by atoms with E-state index >= 15 is 0 Å². The zero-order valence-corrected chi connectivity index (χ0v) is 19.8. The summed E-state index contributed by atoms with van der Waals surface area (Å²) >= 11 is 0. The van der Waals surface area contributed by atoms with Crippen LogP contribution in [-0.4, -0.2) is 48.3 Å². The molecule has 1 fully saturated rings. The van der Waals surface area contributed by atoms with Gasteiger partial charge < -0.3 is 14.8 Å². The summed E-state index contributed by atoms with van der Waals surface area (Å²) in [5.41, 5.74) is 2.34. The smallest absolute Gasteiger partial charge is 0.273 e. The van der Waals surface area contributed by atoms with E-state index < -0.39 is 0 Å². The summed E-state index contributed by atoms with van der Waals surface area (Å²) in [5.74, 6) is 0.837. The number of rotatable bonds is 8. The van der Waals surface area contributed by atoms with Crippen LogP contribution < -0.4 is 14.8 Å². The lowest BCUT2D eigenvalue weighted by molar-refractivity contribution is 0.0800. The maximum absolute atomic E-state index is 12.8. The minimum atomic E-state index is -0.274. The van der Waals surface area contributed by atoms with Crippen molar-refractivity contribution in [2.24, 2.45) is 5.10 Å². The van der Waals surface area contributed by atoms with Crippen molar-refractivity contribution in [3.63, 3.8) is 0 Å². The fourth-order valence-electron chi connectivity index (χ4n) is 3.85. The van der Waals surface area contributed by atoms with Gasteiger partial charge in [0, 0.05) is 36.3 Å². The van der Waals surface area contributed by atoms with Crippen LogP contribution in [0.2, 0.25) is 0 Å². The third-order valence-corrected chi connectivity index (χ3v) is 5.79. The second kappa shape index (κ2) is 11.3. The van der Waals surface area contributed by atoms with E-state index in [1.54, 1.807) is 69.2 Å². The van der Waals surface area contributed by atoms with Crippen molar-refractivity contribution in [3.8, 4) is 11.5 Å². The molecule has 0 bridgehead atoms. The van der Waals surface area contributed by atoms with Crippen molar-refractivity contribution >= 4 is 23.7 Å². The SMILES string of the molecule is COc1ccc(C=NN(C)C(=O)c2ccc(NC(=O)c3ccncc3)cc2)cc1OC1CCCC1. The first kappa shape index (κ1) is 23.9. The summed E-state index contributed by atoms with van der Waals surface area (Å²) < 4.78 is 11.6. The second-order valence-electron chi connectivity index (χ2n) is 8.28. The second-order valence-corrected chi connectivity index (χ2v) is 8.28. The van der Waals surface area contributed by atoms with Crippen LogP contribution in [0, 0.1) is 0 Å². The summed E-state index contributed by atoms with van der Waals surface area (Å²) in [6, 6.07) is 15.5. The zero-order chi connectivity index (χ0) is 24.6. The number of nitrogens with one attached hydrogen (secondary N) is 1. The van der Waals surface area contributed by atoms with Crippen LogP contribution >= 0.6 is 0 Å². The van der Waals surface area contributed by atoms with Crippen LogP contribution in [0.1, 0.15) is 52.0 Å². The number of methoxy groups -OCH3 is 1. The molecule has 0 atom stereocenters. The van der Waals surface area contributed by atoms with Gasteiger partial charge in [0.05, 0.1) is 19.4 Å². The molecule has 2 aromatic carbocycles. The van der Waals surface area contributed by atoms with E-state index in [1.165, 1.54) is 17.9 Å². The molecule has 0 spiro atoms. The van der Waals surface area contributed by atoms with E-state index in [2.05, 4.69) is 15.4 Å². The van der Waals surface area contributed by atoms with Crippen molar-refractivity contribution < 1.29 is 19.1 Å². The molecule has 0 radical (unpaired) electrons. The molecular weight excluding hydrogens is 444 g/mol. The normalized spacial score (nSPS) is 13.5. The number of carbonyl (C=O) groups is 2. The summed E-state index contributed by atoms with van der Waals surface area (Å²) in [6.07, 6.45) is 9.39. The molecule has 1 N–H and O–H groups in total. The van der Waals surface area contributed by atoms with Gasteiger partial charge in [-0.05, 0) is 85.8 Å². The van der Waals surface area contributed by atoms with Crippen molar-refractivity contribution in [1.82, 2.24) is 9.99 Å². The van der Waals surface area contributed by atoms with Gasteiger partial charge in [-0.15, -0.1) is 0 Å². The fourth-order valence-corrected chi connectivity index (χ4v) is 3.85. The number of carbonyl (C=O) groups excluding carboxylic acids is 2. The molecule has 180 valence electrons. The number of nitrogens with zero attached hydrogens (tertiary/aromatic N) is 3. The molecule has 3 aromatic rings. The number of anilines is 1. The van der Waals surface area contributed by atoms with Gasteiger partial charge in [-0.1, -0.05) is 0 Å². The summed E-state index contributed by atoms with van der Waals surface area (Å²) in [5, 5.41) is 8.36. The minimum Gasteiger partial charge on any atom is -0.493 e. The molecule has 0 aliphatic heterocycles. The molecule has 1 heterocycles. The van der Waals surface area contributed by atoms with E-state index in [1.807, 2.05) is 18.2 Å². The van der Waals surface area contributed by atoms with E-state index in [-0.39, 0.29) is 17.9 Å². The lowest BCUT2D eigenvalue weighted by atomic mass is 10.2. The molecule has 4 rings (SSSR count). The van der Waals surface area contributed by atoms with E-state index in [9.17, 15) is 9.59 Å². The molecule has 1 aliphatic rings. The molecule has 1 aliphatic carbocycles. The number of aromatic nitrogens is 1. The summed E-state index contributed by atoms with van der Waals surface area (Å²) in [7, 11) is 3.21. The van der Waals surface area contributed by atoms with Crippen LogP contribution in [0.25, 0.3) is 0 Å². The molecule has 0 saturated heterocycles. The van der Waals surface area contributed by atoms with Crippen LogP contribution in [0.3, 0.4) is 0 Å². The average Bonchev–Trinajstić information content (AvgIpc) is 3.41. The topological polar surface area (TPSA) is 93.1 Å². The number of amides is 2. The van der Waals surface area contributed by atoms with Gasteiger partial charge in [-0.25, -0.2) is 5.01 Å². The first-order chi connectivity index (χ1) is 17.0. The van der Waals surface area contributed by atoms with Crippen LogP contribution in [0.15, 0.2) is 72.1 Å². The number of hydrazone groups is 1. The maximum Gasteiger partial charge on any atom is 0.273 e. The highest BCUT2D eigenvalue weighted by Crippen LogP contribution is 2.32. The van der Waals surface area contributed by atoms with Crippen molar-refractivity contribution in [2.75, 3.05) is 19.5 Å². The van der Waals surface area contributed by atoms with Gasteiger partial charge in [-0.3, -0.25) is 14.6 Å². The quantitative estimate of drug-likeness (QED) is 0.377. The standard InChI is InChI=1S/C27H28N4O4/c1-31(29-18-19-7-12-24(34-2)25(17-19)35-23-5-3-4-6-23)27(33)21-8-10-22(11-9-21)30-26(32)20-13-15-28-16-14-20/h7-18,23H,3-6H2,1-2H3,(H,30,32). The van der Waals surface area contributed by atoms with Crippen molar-refractivity contribution in [2.45, 2.75) is 31.8 Å². The third kappa shape index (κ3) is 6.23. The number of pyridine rings is 1. The van der Waals surface area contributed by atoms with E-state index in [4.69, 9.17) is 9.47 Å². The fraction of sp³-hybridized carbons (Fsp3) is 0.259. The average molecular weight is 473 g/mol. The van der Waals surface area contributed by atoms with Gasteiger partial charge in [0.1, 0.15) is 0 Å². The molecule has 0 unspecified atom stereocenters. The molecular formula is C27H28N4O4. The van der Waals surface area contributed by atoms with Gasteiger partial charge in [0.2, 0.25) is 0 Å². The Morgan fingerprint density at radius 1 is 1.00 bits per heavy atom. The van der Waals surface area contributed by atoms with Gasteiger partial charge in [0.25, 0.3) is 11.8 Å².